The van der Waals surface area contributed by atoms with E-state index in [1.54, 1.807) is 30.3 Å². The van der Waals surface area contributed by atoms with Gasteiger partial charge in [-0.15, -0.1) is 0 Å². The molecule has 5 aromatic rings. The molecule has 0 saturated heterocycles. The molecule has 0 unspecified atom stereocenters. The number of anilines is 2. The lowest BCUT2D eigenvalue weighted by Gasteiger charge is -2.23. The number of rotatable bonds is 6. The third kappa shape index (κ3) is 6.44. The lowest BCUT2D eigenvalue weighted by molar-refractivity contribution is -0.131. The van der Waals surface area contributed by atoms with Gasteiger partial charge in [0.25, 0.3) is 17.7 Å². The smallest absolute Gasteiger partial charge is 0.328 e. The van der Waals surface area contributed by atoms with E-state index in [0.29, 0.717) is 17.3 Å². The van der Waals surface area contributed by atoms with Crippen LogP contribution in [0.4, 0.5) is 20.2 Å². The maximum atomic E-state index is 15.1. The topological polar surface area (TPSA) is 86.7 Å². The molecule has 0 spiro atoms. The van der Waals surface area contributed by atoms with Crippen LogP contribution in [-0.4, -0.2) is 35.4 Å². The summed E-state index contributed by atoms with van der Waals surface area (Å²) in [5, 5.41) is 12.2. The monoisotopic (exact) mass is 628 g/mol. The second kappa shape index (κ2) is 12.8. The minimum atomic E-state index is -3.45. The molecule has 2 N–H and O–H groups in total. The number of amides is 2. The Morgan fingerprint density at radius 1 is 0.766 bits per heavy atom. The van der Waals surface area contributed by atoms with Crippen molar-refractivity contribution in [3.05, 3.63) is 150 Å². The van der Waals surface area contributed by atoms with Crippen LogP contribution in [0.3, 0.4) is 0 Å². The number of carbonyl (C=O) groups excluding carboxylic acids is 2. The maximum Gasteiger partial charge on any atom is 0.328 e. The molecular formula is C39H30F2N2O4. The van der Waals surface area contributed by atoms with Crippen LogP contribution >= 0.6 is 0 Å². The summed E-state index contributed by atoms with van der Waals surface area (Å²) >= 11 is 0. The van der Waals surface area contributed by atoms with Crippen molar-refractivity contribution >= 4 is 34.7 Å². The molecule has 0 saturated carbocycles. The van der Waals surface area contributed by atoms with Crippen molar-refractivity contribution in [3.63, 3.8) is 0 Å². The molecule has 47 heavy (non-hydrogen) atoms. The lowest BCUT2D eigenvalue weighted by atomic mass is 9.91. The Balaban J connectivity index is 1.26. The van der Waals surface area contributed by atoms with E-state index in [2.05, 4.69) is 11.4 Å². The summed E-state index contributed by atoms with van der Waals surface area (Å²) in [5.41, 5.74) is 5.52. The van der Waals surface area contributed by atoms with Crippen LogP contribution in [0, 0.1) is 6.92 Å². The van der Waals surface area contributed by atoms with Gasteiger partial charge in [0.05, 0.1) is 5.69 Å². The van der Waals surface area contributed by atoms with Crippen molar-refractivity contribution in [2.75, 3.05) is 16.8 Å². The highest BCUT2D eigenvalue weighted by Crippen LogP contribution is 2.43. The molecule has 234 valence electrons. The van der Waals surface area contributed by atoms with Gasteiger partial charge in [0.15, 0.2) is 0 Å². The van der Waals surface area contributed by atoms with Crippen LogP contribution in [0.1, 0.15) is 38.3 Å². The minimum Gasteiger partial charge on any atom is -0.478 e. The van der Waals surface area contributed by atoms with Crippen LogP contribution in [-0.2, 0) is 4.79 Å². The lowest BCUT2D eigenvalue weighted by Crippen LogP contribution is -2.33. The molecule has 5 aromatic carbocycles. The Hall–Kier alpha value is -5.89. The highest BCUT2D eigenvalue weighted by Gasteiger charge is 2.41. The molecule has 8 heteroatoms. The number of aliphatic carboxylic acids is 1. The molecule has 0 aliphatic carbocycles. The number of carbonyl (C=O) groups is 3. The number of carboxylic acid groups (broad SMARTS) is 1. The molecule has 2 amide bonds. The zero-order valence-corrected chi connectivity index (χ0v) is 25.4. The molecule has 1 aliphatic heterocycles. The molecule has 1 heterocycles. The van der Waals surface area contributed by atoms with Gasteiger partial charge in [-0.2, -0.15) is 0 Å². The maximum absolute atomic E-state index is 15.1. The zero-order chi connectivity index (χ0) is 33.1. The number of hydrogen-bond acceptors (Lipinski definition) is 3. The summed E-state index contributed by atoms with van der Waals surface area (Å²) in [5.74, 6) is -5.81. The van der Waals surface area contributed by atoms with E-state index in [4.69, 9.17) is 0 Å². The fourth-order valence-corrected chi connectivity index (χ4v) is 5.91. The van der Waals surface area contributed by atoms with Crippen LogP contribution in [0.15, 0.2) is 127 Å². The predicted octanol–water partition coefficient (Wildman–Crippen LogP) is 8.74. The number of nitrogens with zero attached hydrogens (tertiary/aromatic N) is 1. The Kier molecular flexibility index (Phi) is 8.50. The van der Waals surface area contributed by atoms with E-state index in [1.165, 1.54) is 35.2 Å². The molecule has 1 aliphatic rings. The average molecular weight is 629 g/mol. The molecule has 0 bridgehead atoms. The summed E-state index contributed by atoms with van der Waals surface area (Å²) in [6, 6.07) is 35.7. The van der Waals surface area contributed by atoms with Gasteiger partial charge in [-0.05, 0) is 65.6 Å². The largest absolute Gasteiger partial charge is 0.478 e. The summed E-state index contributed by atoms with van der Waals surface area (Å²) in [7, 11) is 0. The SMILES string of the molecule is Cc1cccc(-c2ccccc2-c2ccccc2C(=O)Nc2ccc(C(=O)N3CCC(F)(F)C(=CC(=O)O)c4ccccc43)cc2)c1. The highest BCUT2D eigenvalue weighted by molar-refractivity contribution is 6.11. The predicted molar refractivity (Wildman–Crippen MR) is 180 cm³/mol. The molecule has 0 aromatic heterocycles. The number of nitrogens with one attached hydrogen (secondary N) is 1. The van der Waals surface area contributed by atoms with Crippen LogP contribution < -0.4 is 10.2 Å². The van der Waals surface area contributed by atoms with Crippen molar-refractivity contribution in [2.45, 2.75) is 19.3 Å². The molecular weight excluding hydrogens is 598 g/mol. The third-order valence-corrected chi connectivity index (χ3v) is 8.15. The van der Waals surface area contributed by atoms with Gasteiger partial charge >= 0.3 is 5.97 Å². The number of aryl methyl sites for hydroxylation is 1. The summed E-state index contributed by atoms with van der Waals surface area (Å²) in [4.78, 5) is 39.9. The van der Waals surface area contributed by atoms with Crippen LogP contribution in [0.5, 0.6) is 0 Å². The number of carboxylic acids is 1. The Morgan fingerprint density at radius 3 is 2.11 bits per heavy atom. The molecule has 0 atom stereocenters. The Morgan fingerprint density at radius 2 is 1.40 bits per heavy atom. The number of fused-ring (bicyclic) bond motifs is 1. The summed E-state index contributed by atoms with van der Waals surface area (Å²) in [6.45, 7) is 1.71. The first-order valence-electron chi connectivity index (χ1n) is 15.0. The second-order valence-electron chi connectivity index (χ2n) is 11.3. The van der Waals surface area contributed by atoms with Gasteiger partial charge in [0, 0.05) is 47.0 Å². The fourth-order valence-electron chi connectivity index (χ4n) is 5.91. The molecule has 0 fully saturated rings. The summed E-state index contributed by atoms with van der Waals surface area (Å²) < 4.78 is 30.1. The minimum absolute atomic E-state index is 0.0164. The van der Waals surface area contributed by atoms with Crippen molar-refractivity contribution in [1.29, 1.82) is 0 Å². The van der Waals surface area contributed by atoms with E-state index in [0.717, 1.165) is 27.8 Å². The standard InChI is InChI=1S/C39H30F2N2O4/c1-25-9-8-10-27(23-25)29-11-2-3-12-30(29)31-13-4-5-14-32(31)37(46)42-28-19-17-26(18-20-28)38(47)43-22-21-39(40,41)34(24-36(44)45)33-15-6-7-16-35(33)43/h2-20,23-24H,21-22H2,1H3,(H,42,46)(H,44,45). The number of halogens is 2. The normalized spacial score (nSPS) is 14.6. The Bertz CT molecular complexity index is 2040. The van der Waals surface area contributed by atoms with E-state index in [1.807, 2.05) is 61.5 Å². The van der Waals surface area contributed by atoms with E-state index < -0.39 is 29.8 Å². The van der Waals surface area contributed by atoms with Crippen LogP contribution in [0.25, 0.3) is 27.8 Å². The average Bonchev–Trinajstić information content (AvgIpc) is 3.18. The van der Waals surface area contributed by atoms with E-state index in [9.17, 15) is 19.5 Å². The number of para-hydroxylation sites is 1. The van der Waals surface area contributed by atoms with E-state index >= 15 is 8.78 Å². The van der Waals surface area contributed by atoms with Gasteiger partial charge in [-0.25, -0.2) is 13.6 Å². The Labute approximate surface area is 270 Å². The first-order chi connectivity index (χ1) is 22.6. The first-order valence-corrected chi connectivity index (χ1v) is 15.0. The third-order valence-electron chi connectivity index (χ3n) is 8.15. The number of hydrogen-bond donors (Lipinski definition) is 2. The molecule has 0 radical (unpaired) electrons. The van der Waals surface area contributed by atoms with Gasteiger partial charge in [0.2, 0.25) is 0 Å². The fraction of sp³-hybridized carbons (Fsp3) is 0.103. The second-order valence-corrected chi connectivity index (χ2v) is 11.3. The first kappa shape index (κ1) is 31.1. The van der Waals surface area contributed by atoms with Gasteiger partial charge in [-0.1, -0.05) is 90.5 Å². The van der Waals surface area contributed by atoms with Crippen LogP contribution in [0.2, 0.25) is 0 Å². The van der Waals surface area contributed by atoms with Gasteiger partial charge in [-0.3, -0.25) is 9.59 Å². The highest BCUT2D eigenvalue weighted by atomic mass is 19.3. The van der Waals surface area contributed by atoms with Gasteiger partial charge in [0.1, 0.15) is 0 Å². The number of benzene rings is 5. The van der Waals surface area contributed by atoms with Crippen molar-refractivity contribution in [1.82, 2.24) is 0 Å². The van der Waals surface area contributed by atoms with Crippen molar-refractivity contribution < 1.29 is 28.3 Å². The summed E-state index contributed by atoms with van der Waals surface area (Å²) in [6.07, 6.45) is -0.239. The quantitative estimate of drug-likeness (QED) is 0.184. The van der Waals surface area contributed by atoms with Crippen molar-refractivity contribution in [3.8, 4) is 22.3 Å². The molecule has 6 rings (SSSR count). The number of allylic oxidation sites excluding steroid dienone is 1. The molecule has 6 nitrogen and oxygen atoms in total. The van der Waals surface area contributed by atoms with Gasteiger partial charge < -0.3 is 15.3 Å². The number of alkyl halides is 2. The van der Waals surface area contributed by atoms with Crippen molar-refractivity contribution in [2.24, 2.45) is 0 Å². The zero-order valence-electron chi connectivity index (χ0n) is 25.4. The van der Waals surface area contributed by atoms with E-state index in [-0.39, 0.29) is 29.3 Å².